The molecule has 0 spiro atoms. The number of carbonyl (C=O) groups excluding carboxylic acids is 1. The second-order valence-corrected chi connectivity index (χ2v) is 10.4. The summed E-state index contributed by atoms with van der Waals surface area (Å²) in [7, 11) is 0. The number of likely N-dealkylation sites (tertiary alicyclic amines) is 1. The molecule has 2 aromatic rings. The summed E-state index contributed by atoms with van der Waals surface area (Å²) in [6.45, 7) is 16.2. The summed E-state index contributed by atoms with van der Waals surface area (Å²) in [5.74, 6) is 3.89. The zero-order valence-electron chi connectivity index (χ0n) is 26.6. The molecule has 0 aliphatic carbocycles. The highest BCUT2D eigenvalue weighted by Gasteiger charge is 2.20. The molecule has 236 valence electrons. The van der Waals surface area contributed by atoms with Crippen LogP contribution in [0.4, 0.5) is 23.5 Å². The summed E-state index contributed by atoms with van der Waals surface area (Å²) in [4.78, 5) is 30.6. The van der Waals surface area contributed by atoms with Gasteiger partial charge in [0, 0.05) is 65.2 Å². The van der Waals surface area contributed by atoms with Gasteiger partial charge in [-0.25, -0.2) is 9.97 Å². The number of nitrogens with one attached hydrogen (secondary N) is 4. The van der Waals surface area contributed by atoms with Crippen LogP contribution in [0.3, 0.4) is 0 Å². The molecule has 2 aliphatic rings. The lowest BCUT2D eigenvalue weighted by atomic mass is 9.97. The molecule has 2 saturated heterocycles. The number of anilines is 4. The van der Waals surface area contributed by atoms with E-state index in [1.807, 2.05) is 30.9 Å². The summed E-state index contributed by atoms with van der Waals surface area (Å²) in [6, 6.07) is 3.79. The highest BCUT2D eigenvalue weighted by atomic mass is 16.5. The van der Waals surface area contributed by atoms with Crippen molar-refractivity contribution in [2.24, 2.45) is 5.92 Å². The van der Waals surface area contributed by atoms with E-state index in [0.717, 1.165) is 96.0 Å². The average Bonchev–Trinajstić information content (AvgIpc) is 3.55. The van der Waals surface area contributed by atoms with E-state index in [1.165, 1.54) is 12.8 Å². The zero-order valence-corrected chi connectivity index (χ0v) is 26.6. The Morgan fingerprint density at radius 1 is 0.857 bits per heavy atom. The molecule has 1 amide bonds. The van der Waals surface area contributed by atoms with E-state index in [4.69, 9.17) is 4.74 Å². The molecule has 42 heavy (non-hydrogen) atoms. The maximum Gasteiger partial charge on any atom is 0.224 e. The molecule has 0 radical (unpaired) electrons. The van der Waals surface area contributed by atoms with Crippen LogP contribution in [0.15, 0.2) is 24.5 Å². The van der Waals surface area contributed by atoms with E-state index in [1.54, 1.807) is 19.3 Å². The van der Waals surface area contributed by atoms with Crippen molar-refractivity contribution in [2.45, 2.75) is 92.1 Å². The molecule has 0 aromatic carbocycles. The number of unbranched alkanes of at least 4 members (excludes halogenated alkanes) is 2. The second kappa shape index (κ2) is 21.5. The lowest BCUT2D eigenvalue weighted by molar-refractivity contribution is -0.130. The normalized spacial score (nSPS) is 16.4. The topological polar surface area (TPSA) is 129 Å². The van der Waals surface area contributed by atoms with E-state index in [2.05, 4.69) is 55.1 Å². The van der Waals surface area contributed by atoms with Crippen LogP contribution < -0.4 is 21.3 Å². The molecule has 4 rings (SSSR count). The van der Waals surface area contributed by atoms with Crippen molar-refractivity contribution in [3.05, 3.63) is 24.5 Å². The predicted octanol–water partition coefficient (Wildman–Crippen LogP) is 5.66. The van der Waals surface area contributed by atoms with Crippen molar-refractivity contribution in [2.75, 3.05) is 67.1 Å². The van der Waals surface area contributed by atoms with Crippen LogP contribution in [-0.2, 0) is 9.53 Å². The number of nitrogens with zero attached hydrogens (tertiary/aromatic N) is 5. The number of ether oxygens (including phenoxy) is 1. The lowest BCUT2D eigenvalue weighted by Crippen LogP contribution is -2.38. The highest BCUT2D eigenvalue weighted by molar-refractivity contribution is 5.73. The van der Waals surface area contributed by atoms with Crippen LogP contribution in [0.5, 0.6) is 0 Å². The van der Waals surface area contributed by atoms with Gasteiger partial charge in [-0.15, -0.1) is 0 Å². The van der Waals surface area contributed by atoms with Gasteiger partial charge in [-0.05, 0) is 56.6 Å². The van der Waals surface area contributed by atoms with E-state index < -0.39 is 0 Å². The van der Waals surface area contributed by atoms with E-state index in [-0.39, 0.29) is 5.91 Å². The Kier molecular flexibility index (Phi) is 17.9. The van der Waals surface area contributed by atoms with Gasteiger partial charge < -0.3 is 30.9 Å². The van der Waals surface area contributed by atoms with Gasteiger partial charge in [0.05, 0.1) is 6.10 Å². The molecule has 4 N–H and O–H groups in total. The molecule has 2 aliphatic heterocycles. The molecule has 1 unspecified atom stereocenters. The zero-order chi connectivity index (χ0) is 30.4. The minimum Gasteiger partial charge on any atom is -0.376 e. The SMILES string of the molecule is CC.CCCCNc1nccc(NCC2CCCO2)n1.CCCCNc1nccc(NCC2CCN(C(C)=O)CC2)n1. The summed E-state index contributed by atoms with van der Waals surface area (Å²) in [6.07, 6.45) is 12.9. The molecule has 0 bridgehead atoms. The molecule has 11 nitrogen and oxygen atoms in total. The number of carbonyl (C=O) groups is 1. The molecule has 1 atom stereocenters. The van der Waals surface area contributed by atoms with E-state index >= 15 is 0 Å². The molecular weight excluding hydrogens is 530 g/mol. The summed E-state index contributed by atoms with van der Waals surface area (Å²) < 4.78 is 5.56. The molecular formula is C31H55N9O2. The van der Waals surface area contributed by atoms with Crippen LogP contribution >= 0.6 is 0 Å². The Morgan fingerprint density at radius 2 is 1.40 bits per heavy atom. The fraction of sp³-hybridized carbons (Fsp3) is 0.710. The van der Waals surface area contributed by atoms with Crippen molar-refractivity contribution in [3.8, 4) is 0 Å². The van der Waals surface area contributed by atoms with Crippen LogP contribution in [-0.4, -0.2) is 82.7 Å². The predicted molar refractivity (Wildman–Crippen MR) is 173 cm³/mol. The van der Waals surface area contributed by atoms with Gasteiger partial charge in [-0.1, -0.05) is 40.5 Å². The molecule has 2 fully saturated rings. The van der Waals surface area contributed by atoms with Gasteiger partial charge in [0.15, 0.2) is 0 Å². The third-order valence-corrected chi connectivity index (χ3v) is 7.10. The number of piperidine rings is 1. The number of hydrogen-bond donors (Lipinski definition) is 4. The first kappa shape index (κ1) is 35.0. The standard InChI is InChI=1S/C16H27N5O.C13H22N4O.C2H6/c1-3-4-8-17-16-18-9-5-15(20-16)19-12-14-6-10-21(11-7-14)13(2)22;1-2-3-7-14-13-15-8-6-12(17-13)16-10-11-5-4-9-18-11;1-2/h5,9,14H,3-4,6-8,10-12H2,1-2H3,(H2,17,18,19,20);6,8,11H,2-5,7,9-10H2,1H3,(H2,14,15,16,17);1-2H3. The highest BCUT2D eigenvalue weighted by Crippen LogP contribution is 2.18. The van der Waals surface area contributed by atoms with Crippen molar-refractivity contribution in [3.63, 3.8) is 0 Å². The minimum absolute atomic E-state index is 0.185. The third kappa shape index (κ3) is 14.1. The summed E-state index contributed by atoms with van der Waals surface area (Å²) in [5, 5.41) is 13.2. The number of amides is 1. The Bertz CT molecular complexity index is 980. The molecule has 2 aromatic heterocycles. The average molecular weight is 586 g/mol. The first-order chi connectivity index (χ1) is 20.6. The van der Waals surface area contributed by atoms with Gasteiger partial charge in [0.2, 0.25) is 17.8 Å². The fourth-order valence-corrected chi connectivity index (χ4v) is 4.56. The Labute approximate surface area is 253 Å². The number of hydrogen-bond acceptors (Lipinski definition) is 10. The van der Waals surface area contributed by atoms with Crippen LogP contribution in [0, 0.1) is 5.92 Å². The Hall–Kier alpha value is -3.21. The van der Waals surface area contributed by atoms with Gasteiger partial charge in [0.1, 0.15) is 11.6 Å². The van der Waals surface area contributed by atoms with Gasteiger partial charge in [0.25, 0.3) is 0 Å². The van der Waals surface area contributed by atoms with Crippen molar-refractivity contribution >= 4 is 29.4 Å². The van der Waals surface area contributed by atoms with Crippen molar-refractivity contribution in [1.29, 1.82) is 0 Å². The minimum atomic E-state index is 0.185. The van der Waals surface area contributed by atoms with Crippen molar-refractivity contribution in [1.82, 2.24) is 24.8 Å². The third-order valence-electron chi connectivity index (χ3n) is 7.10. The van der Waals surface area contributed by atoms with Crippen molar-refractivity contribution < 1.29 is 9.53 Å². The molecule has 11 heteroatoms. The van der Waals surface area contributed by atoms with E-state index in [9.17, 15) is 4.79 Å². The van der Waals surface area contributed by atoms with E-state index in [0.29, 0.717) is 23.9 Å². The Morgan fingerprint density at radius 3 is 1.88 bits per heavy atom. The largest absolute Gasteiger partial charge is 0.376 e. The van der Waals surface area contributed by atoms with Crippen LogP contribution in [0.1, 0.15) is 86.0 Å². The lowest BCUT2D eigenvalue weighted by Gasteiger charge is -2.31. The summed E-state index contributed by atoms with van der Waals surface area (Å²) in [5.41, 5.74) is 0. The van der Waals surface area contributed by atoms with Crippen LogP contribution in [0.25, 0.3) is 0 Å². The Balaban J connectivity index is 0.000000282. The molecule has 4 heterocycles. The first-order valence-electron chi connectivity index (χ1n) is 16.1. The maximum absolute atomic E-state index is 11.3. The fourth-order valence-electron chi connectivity index (χ4n) is 4.56. The first-order valence-corrected chi connectivity index (χ1v) is 16.1. The molecule has 0 saturated carbocycles. The summed E-state index contributed by atoms with van der Waals surface area (Å²) >= 11 is 0. The second-order valence-electron chi connectivity index (χ2n) is 10.4. The monoisotopic (exact) mass is 585 g/mol. The van der Waals surface area contributed by atoms with Crippen LogP contribution in [0.2, 0.25) is 0 Å². The van der Waals surface area contributed by atoms with Gasteiger partial charge in [-0.3, -0.25) is 4.79 Å². The smallest absolute Gasteiger partial charge is 0.224 e. The number of rotatable bonds is 14. The van der Waals surface area contributed by atoms with Gasteiger partial charge >= 0.3 is 0 Å². The van der Waals surface area contributed by atoms with Gasteiger partial charge in [-0.2, -0.15) is 9.97 Å². The quantitative estimate of drug-likeness (QED) is 0.206. The maximum atomic E-state index is 11.3. The number of aromatic nitrogens is 4.